The van der Waals surface area contributed by atoms with Gasteiger partial charge in [0.2, 0.25) is 5.91 Å². The van der Waals surface area contributed by atoms with E-state index in [9.17, 15) is 4.79 Å². The molecule has 0 radical (unpaired) electrons. The van der Waals surface area contributed by atoms with Gasteiger partial charge in [0.05, 0.1) is 6.61 Å². The molecule has 3 atom stereocenters. The number of likely N-dealkylation sites (tertiary alicyclic amines) is 1. The molecule has 0 aromatic heterocycles. The number of rotatable bonds is 8. The highest BCUT2D eigenvalue weighted by Crippen LogP contribution is 2.24. The second-order valence-corrected chi connectivity index (χ2v) is 6.17. The van der Waals surface area contributed by atoms with Crippen molar-refractivity contribution in [1.29, 1.82) is 0 Å². The first-order valence-electron chi connectivity index (χ1n) is 8.43. The normalized spacial score (nSPS) is 20.9. The summed E-state index contributed by atoms with van der Waals surface area (Å²) in [6.07, 6.45) is 3.14. The van der Waals surface area contributed by atoms with Gasteiger partial charge in [-0.25, -0.2) is 0 Å². The van der Waals surface area contributed by atoms with Crippen LogP contribution in [0.1, 0.15) is 38.3 Å². The largest absolute Gasteiger partial charge is 0.368 e. The third kappa shape index (κ3) is 5.19. The number of nitrogens with zero attached hydrogens (tertiary/aromatic N) is 1. The van der Waals surface area contributed by atoms with Gasteiger partial charge in [-0.3, -0.25) is 9.69 Å². The molecule has 3 unspecified atom stereocenters. The Morgan fingerprint density at radius 2 is 2.17 bits per heavy atom. The third-order valence-electron chi connectivity index (χ3n) is 4.45. The van der Waals surface area contributed by atoms with Gasteiger partial charge in [-0.2, -0.15) is 0 Å². The average Bonchev–Trinajstić information content (AvgIpc) is 3.03. The molecule has 1 aliphatic rings. The summed E-state index contributed by atoms with van der Waals surface area (Å²) in [6, 6.07) is 11.1. The molecule has 0 spiro atoms. The van der Waals surface area contributed by atoms with Gasteiger partial charge in [0, 0.05) is 25.2 Å². The van der Waals surface area contributed by atoms with Crippen molar-refractivity contribution in [3.05, 3.63) is 48.6 Å². The van der Waals surface area contributed by atoms with Gasteiger partial charge >= 0.3 is 0 Å². The van der Waals surface area contributed by atoms with Crippen molar-refractivity contribution in [2.75, 3.05) is 19.7 Å². The molecule has 0 saturated carbocycles. The fourth-order valence-corrected chi connectivity index (χ4v) is 2.92. The molecule has 4 heteroatoms. The lowest BCUT2D eigenvalue weighted by molar-refractivity contribution is -0.132. The molecule has 1 heterocycles. The van der Waals surface area contributed by atoms with Gasteiger partial charge in [0.25, 0.3) is 0 Å². The summed E-state index contributed by atoms with van der Waals surface area (Å²) in [5.74, 6) is -0.0201. The van der Waals surface area contributed by atoms with Crippen molar-refractivity contribution in [1.82, 2.24) is 10.2 Å². The summed E-state index contributed by atoms with van der Waals surface area (Å²) in [7, 11) is 0. The van der Waals surface area contributed by atoms with Crippen LogP contribution in [0.15, 0.2) is 43.0 Å². The van der Waals surface area contributed by atoms with Gasteiger partial charge in [0.1, 0.15) is 6.10 Å². The minimum Gasteiger partial charge on any atom is -0.368 e. The topological polar surface area (TPSA) is 41.6 Å². The smallest absolute Gasteiger partial charge is 0.249 e. The number of hydrogen-bond acceptors (Lipinski definition) is 3. The van der Waals surface area contributed by atoms with E-state index in [1.54, 1.807) is 13.0 Å². The lowest BCUT2D eigenvalue weighted by Gasteiger charge is -2.25. The first-order chi connectivity index (χ1) is 11.1. The van der Waals surface area contributed by atoms with E-state index in [-0.39, 0.29) is 11.9 Å². The molecular formula is C19H28N2O2. The maximum atomic E-state index is 12.2. The zero-order valence-electron chi connectivity index (χ0n) is 14.2. The Labute approximate surface area is 139 Å². The molecule has 4 nitrogen and oxygen atoms in total. The van der Waals surface area contributed by atoms with Crippen molar-refractivity contribution < 1.29 is 9.53 Å². The van der Waals surface area contributed by atoms with Gasteiger partial charge in [-0.05, 0) is 32.3 Å². The zero-order chi connectivity index (χ0) is 16.7. The van der Waals surface area contributed by atoms with E-state index in [0.29, 0.717) is 12.6 Å². The number of hydrogen-bond donors (Lipinski definition) is 1. The predicted molar refractivity (Wildman–Crippen MR) is 93.2 cm³/mol. The van der Waals surface area contributed by atoms with E-state index in [2.05, 4.69) is 48.0 Å². The molecule has 1 aliphatic heterocycles. The molecule has 1 amide bonds. The van der Waals surface area contributed by atoms with Crippen LogP contribution in [0.2, 0.25) is 0 Å². The second kappa shape index (κ2) is 8.85. The van der Waals surface area contributed by atoms with Crippen molar-refractivity contribution >= 4 is 5.91 Å². The number of carbonyl (C=O) groups excluding carboxylic acids is 1. The monoisotopic (exact) mass is 316 g/mol. The molecule has 1 fully saturated rings. The SMILES string of the molecule is C=CCCOC(C)C(=O)NC1CCN(C(C)c2ccccc2)C1. The fourth-order valence-electron chi connectivity index (χ4n) is 2.92. The van der Waals surface area contributed by atoms with E-state index in [0.717, 1.165) is 25.9 Å². The number of benzene rings is 1. The molecule has 23 heavy (non-hydrogen) atoms. The Morgan fingerprint density at radius 3 is 2.87 bits per heavy atom. The molecule has 1 aromatic rings. The summed E-state index contributed by atoms with van der Waals surface area (Å²) < 4.78 is 5.50. The minimum absolute atomic E-state index is 0.0201. The summed E-state index contributed by atoms with van der Waals surface area (Å²) in [5, 5.41) is 3.11. The zero-order valence-corrected chi connectivity index (χ0v) is 14.2. The van der Waals surface area contributed by atoms with Crippen LogP contribution in [0.3, 0.4) is 0 Å². The van der Waals surface area contributed by atoms with E-state index < -0.39 is 6.10 Å². The maximum Gasteiger partial charge on any atom is 0.249 e. The van der Waals surface area contributed by atoms with Crippen LogP contribution < -0.4 is 5.32 Å². The van der Waals surface area contributed by atoms with Crippen LogP contribution in [0, 0.1) is 0 Å². The molecule has 0 aliphatic carbocycles. The van der Waals surface area contributed by atoms with Crippen molar-refractivity contribution in [3.63, 3.8) is 0 Å². The van der Waals surface area contributed by atoms with E-state index in [1.807, 2.05) is 6.07 Å². The third-order valence-corrected chi connectivity index (χ3v) is 4.45. The molecular weight excluding hydrogens is 288 g/mol. The fraction of sp³-hybridized carbons (Fsp3) is 0.526. The number of amides is 1. The quantitative estimate of drug-likeness (QED) is 0.592. The molecule has 126 valence electrons. The lowest BCUT2D eigenvalue weighted by Crippen LogP contribution is -2.43. The first kappa shape index (κ1) is 17.7. The molecule has 0 bridgehead atoms. The molecule has 1 saturated heterocycles. The summed E-state index contributed by atoms with van der Waals surface area (Å²) >= 11 is 0. The standard InChI is InChI=1S/C19H28N2O2/c1-4-5-13-23-16(3)19(22)20-18-11-12-21(14-18)15(2)17-9-7-6-8-10-17/h4,6-10,15-16,18H,1,5,11-14H2,2-3H3,(H,20,22). The van der Waals surface area contributed by atoms with Crippen LogP contribution in [0.4, 0.5) is 0 Å². The number of carbonyl (C=O) groups is 1. The van der Waals surface area contributed by atoms with Crippen molar-refractivity contribution in [3.8, 4) is 0 Å². The summed E-state index contributed by atoms with van der Waals surface area (Å²) in [4.78, 5) is 14.6. The molecule has 1 N–H and O–H groups in total. The Hall–Kier alpha value is -1.65. The number of nitrogens with one attached hydrogen (secondary N) is 1. The van der Waals surface area contributed by atoms with Gasteiger partial charge in [-0.15, -0.1) is 6.58 Å². The Bertz CT molecular complexity index is 503. The molecule has 2 rings (SSSR count). The van der Waals surface area contributed by atoms with Gasteiger partial charge in [0.15, 0.2) is 0 Å². The Balaban J connectivity index is 1.78. The van der Waals surface area contributed by atoms with Crippen molar-refractivity contribution in [2.24, 2.45) is 0 Å². The molecule has 1 aromatic carbocycles. The van der Waals surface area contributed by atoms with Gasteiger partial charge < -0.3 is 10.1 Å². The van der Waals surface area contributed by atoms with Gasteiger partial charge in [-0.1, -0.05) is 36.4 Å². The van der Waals surface area contributed by atoms with Crippen LogP contribution in [0.5, 0.6) is 0 Å². The van der Waals surface area contributed by atoms with E-state index >= 15 is 0 Å². The Kier molecular flexibility index (Phi) is 6.81. The highest BCUT2D eigenvalue weighted by Gasteiger charge is 2.28. The first-order valence-corrected chi connectivity index (χ1v) is 8.43. The minimum atomic E-state index is -0.407. The lowest BCUT2D eigenvalue weighted by atomic mass is 10.1. The van der Waals surface area contributed by atoms with Crippen molar-refractivity contribution in [2.45, 2.75) is 44.9 Å². The van der Waals surface area contributed by atoms with Crippen LogP contribution >= 0.6 is 0 Å². The van der Waals surface area contributed by atoms with E-state index in [4.69, 9.17) is 4.74 Å². The van der Waals surface area contributed by atoms with Crippen LogP contribution in [0.25, 0.3) is 0 Å². The van der Waals surface area contributed by atoms with Crippen LogP contribution in [-0.4, -0.2) is 42.6 Å². The highest BCUT2D eigenvalue weighted by atomic mass is 16.5. The highest BCUT2D eigenvalue weighted by molar-refractivity contribution is 5.80. The second-order valence-electron chi connectivity index (χ2n) is 6.17. The van der Waals surface area contributed by atoms with E-state index in [1.165, 1.54) is 5.56 Å². The van der Waals surface area contributed by atoms with Crippen LogP contribution in [-0.2, 0) is 9.53 Å². The summed E-state index contributed by atoms with van der Waals surface area (Å²) in [6.45, 7) is 10.1. The summed E-state index contributed by atoms with van der Waals surface area (Å²) in [5.41, 5.74) is 1.32. The predicted octanol–water partition coefficient (Wildman–Crippen LogP) is 2.92. The average molecular weight is 316 g/mol. The Morgan fingerprint density at radius 1 is 1.43 bits per heavy atom. The maximum absolute atomic E-state index is 12.2. The number of ether oxygens (including phenoxy) is 1.